The summed E-state index contributed by atoms with van der Waals surface area (Å²) in [5.41, 5.74) is 10.2. The number of likely N-dealkylation sites (tertiary alicyclic amines) is 1. The molecule has 1 aromatic heterocycles. The summed E-state index contributed by atoms with van der Waals surface area (Å²) in [5, 5.41) is 0. The molecule has 2 saturated heterocycles. The standard InChI is InChI=1S/C28H39N5O3/c1-5-33-27(34)32-18-21-16-23(35-3)17-24(36-4)26(21)20(2)15-25(32)28(33)8-12-30(13-9-28)19-22-7-6-11-31(22)14-10-29/h6-7,11,15-17,20H,5,8-10,12-14,18-19,29H2,1-4H3/t20-/m0/s1. The summed E-state index contributed by atoms with van der Waals surface area (Å²) in [6.07, 6.45) is 6.28. The van der Waals surface area contributed by atoms with Crippen molar-refractivity contribution >= 4 is 6.03 Å². The van der Waals surface area contributed by atoms with Crippen LogP contribution in [0.4, 0.5) is 4.79 Å². The average molecular weight is 494 g/mol. The van der Waals surface area contributed by atoms with E-state index in [0.717, 1.165) is 67.3 Å². The summed E-state index contributed by atoms with van der Waals surface area (Å²) in [7, 11) is 3.37. The summed E-state index contributed by atoms with van der Waals surface area (Å²) < 4.78 is 13.6. The van der Waals surface area contributed by atoms with Crippen LogP contribution in [-0.4, -0.2) is 71.2 Å². The van der Waals surface area contributed by atoms with Crippen LogP contribution in [0.25, 0.3) is 0 Å². The van der Waals surface area contributed by atoms with Gasteiger partial charge in [-0.25, -0.2) is 4.79 Å². The zero-order valence-corrected chi connectivity index (χ0v) is 22.0. The fraction of sp³-hybridized carbons (Fsp3) is 0.536. The topological polar surface area (TPSA) is 76.2 Å². The molecule has 3 aliphatic rings. The van der Waals surface area contributed by atoms with Crippen molar-refractivity contribution in [2.24, 2.45) is 5.73 Å². The minimum absolute atomic E-state index is 0.107. The molecule has 0 aliphatic carbocycles. The monoisotopic (exact) mass is 493 g/mol. The number of nitrogens with zero attached hydrogens (tertiary/aromatic N) is 4. The first-order chi connectivity index (χ1) is 17.4. The summed E-state index contributed by atoms with van der Waals surface area (Å²) in [6, 6.07) is 8.39. The van der Waals surface area contributed by atoms with Crippen molar-refractivity contribution in [3.63, 3.8) is 0 Å². The zero-order valence-electron chi connectivity index (χ0n) is 22.0. The van der Waals surface area contributed by atoms with Crippen molar-refractivity contribution in [3.05, 3.63) is 59.1 Å². The molecule has 194 valence electrons. The van der Waals surface area contributed by atoms with E-state index >= 15 is 0 Å². The van der Waals surface area contributed by atoms with Gasteiger partial charge in [0.1, 0.15) is 11.5 Å². The van der Waals surface area contributed by atoms with E-state index in [4.69, 9.17) is 15.2 Å². The predicted molar refractivity (Wildman–Crippen MR) is 140 cm³/mol. The van der Waals surface area contributed by atoms with E-state index in [0.29, 0.717) is 19.6 Å². The second kappa shape index (κ2) is 9.82. The Morgan fingerprint density at radius 1 is 1.17 bits per heavy atom. The van der Waals surface area contributed by atoms with Gasteiger partial charge in [-0.1, -0.05) is 13.0 Å². The number of urea groups is 1. The minimum Gasteiger partial charge on any atom is -0.497 e. The molecule has 4 heterocycles. The number of hydrogen-bond acceptors (Lipinski definition) is 5. The summed E-state index contributed by atoms with van der Waals surface area (Å²) in [4.78, 5) is 20.4. The Hall–Kier alpha value is -2.97. The molecular weight excluding hydrogens is 454 g/mol. The number of carbonyl (C=O) groups is 1. The van der Waals surface area contributed by atoms with Crippen LogP contribution in [0, 0.1) is 0 Å². The van der Waals surface area contributed by atoms with Gasteiger partial charge in [-0.05, 0) is 43.5 Å². The van der Waals surface area contributed by atoms with Gasteiger partial charge in [0.15, 0.2) is 0 Å². The van der Waals surface area contributed by atoms with Gasteiger partial charge in [0.2, 0.25) is 0 Å². The Morgan fingerprint density at radius 3 is 2.61 bits per heavy atom. The lowest BCUT2D eigenvalue weighted by Gasteiger charge is -2.44. The Balaban J connectivity index is 1.44. The average Bonchev–Trinajstić information content (AvgIpc) is 3.34. The van der Waals surface area contributed by atoms with Crippen molar-refractivity contribution in [3.8, 4) is 11.5 Å². The molecule has 5 rings (SSSR count). The van der Waals surface area contributed by atoms with Gasteiger partial charge in [0.25, 0.3) is 0 Å². The van der Waals surface area contributed by atoms with Crippen LogP contribution in [0.3, 0.4) is 0 Å². The van der Waals surface area contributed by atoms with E-state index < -0.39 is 0 Å². The number of aromatic nitrogens is 1. The highest BCUT2D eigenvalue weighted by molar-refractivity contribution is 5.83. The summed E-state index contributed by atoms with van der Waals surface area (Å²) >= 11 is 0. The number of benzene rings is 1. The van der Waals surface area contributed by atoms with Crippen molar-refractivity contribution < 1.29 is 14.3 Å². The zero-order chi connectivity index (χ0) is 25.4. The minimum atomic E-state index is -0.269. The van der Waals surface area contributed by atoms with Crippen LogP contribution in [0.2, 0.25) is 0 Å². The number of allylic oxidation sites excluding steroid dienone is 1. The number of hydrogen-bond donors (Lipinski definition) is 1. The van der Waals surface area contributed by atoms with Gasteiger partial charge in [-0.15, -0.1) is 0 Å². The van der Waals surface area contributed by atoms with Gasteiger partial charge in [-0.3, -0.25) is 9.80 Å². The molecule has 0 bridgehead atoms. The first-order valence-corrected chi connectivity index (χ1v) is 13.1. The van der Waals surface area contributed by atoms with Crippen molar-refractivity contribution in [1.29, 1.82) is 0 Å². The number of nitrogens with two attached hydrogens (primary N) is 1. The number of fused-ring (bicyclic) bond motifs is 3. The first-order valence-electron chi connectivity index (χ1n) is 13.1. The lowest BCUT2D eigenvalue weighted by Crippen LogP contribution is -2.53. The SMILES string of the molecule is CCN1C(=O)N2Cc3cc(OC)cc(OC)c3[C@@H](C)C=C2C12CCN(Cc1cccn1CCN)CC2. The van der Waals surface area contributed by atoms with Gasteiger partial charge < -0.3 is 24.7 Å². The lowest BCUT2D eigenvalue weighted by molar-refractivity contribution is 0.0876. The molecule has 1 spiro atoms. The van der Waals surface area contributed by atoms with Crippen molar-refractivity contribution in [2.75, 3.05) is 40.4 Å². The molecule has 2 aromatic rings. The molecule has 2 N–H and O–H groups in total. The molecule has 0 saturated carbocycles. The second-order valence-corrected chi connectivity index (χ2v) is 10.1. The Bertz CT molecular complexity index is 1150. The third-order valence-electron chi connectivity index (χ3n) is 8.27. The fourth-order valence-corrected chi connectivity index (χ4v) is 6.52. The van der Waals surface area contributed by atoms with E-state index in [-0.39, 0.29) is 17.5 Å². The highest BCUT2D eigenvalue weighted by Crippen LogP contribution is 2.49. The second-order valence-electron chi connectivity index (χ2n) is 10.1. The smallest absolute Gasteiger partial charge is 0.325 e. The quantitative estimate of drug-likeness (QED) is 0.636. The third kappa shape index (κ3) is 3.96. The lowest BCUT2D eigenvalue weighted by atomic mass is 9.82. The maximum Gasteiger partial charge on any atom is 0.325 e. The van der Waals surface area contributed by atoms with Crippen LogP contribution in [-0.2, 0) is 19.6 Å². The number of likely N-dealkylation sites (N-methyl/N-ethyl adjacent to an activating group) is 1. The van der Waals surface area contributed by atoms with Gasteiger partial charge in [0, 0.05) is 74.4 Å². The highest BCUT2D eigenvalue weighted by atomic mass is 16.5. The summed E-state index contributed by atoms with van der Waals surface area (Å²) in [6.45, 7) is 9.82. The fourth-order valence-electron chi connectivity index (χ4n) is 6.52. The van der Waals surface area contributed by atoms with Crippen molar-refractivity contribution in [2.45, 2.75) is 57.8 Å². The number of methoxy groups -OCH3 is 2. The molecular formula is C28H39N5O3. The number of ether oxygens (including phenoxy) is 2. The van der Waals surface area contributed by atoms with Crippen LogP contribution < -0.4 is 15.2 Å². The Labute approximate surface area is 214 Å². The van der Waals surface area contributed by atoms with E-state index in [9.17, 15) is 4.79 Å². The molecule has 2 fully saturated rings. The molecule has 8 heteroatoms. The molecule has 8 nitrogen and oxygen atoms in total. The van der Waals surface area contributed by atoms with Crippen LogP contribution in [0.5, 0.6) is 11.5 Å². The molecule has 0 radical (unpaired) electrons. The third-order valence-corrected chi connectivity index (χ3v) is 8.27. The highest BCUT2D eigenvalue weighted by Gasteiger charge is 2.54. The van der Waals surface area contributed by atoms with E-state index in [1.165, 1.54) is 5.69 Å². The normalized spacial score (nSPS) is 21.3. The van der Waals surface area contributed by atoms with E-state index in [2.05, 4.69) is 58.7 Å². The molecule has 1 atom stereocenters. The van der Waals surface area contributed by atoms with Crippen LogP contribution in [0.15, 0.2) is 42.2 Å². The first kappa shape index (κ1) is 24.7. The maximum absolute atomic E-state index is 13.8. The molecule has 1 aromatic carbocycles. The predicted octanol–water partition coefficient (Wildman–Crippen LogP) is 3.76. The van der Waals surface area contributed by atoms with Crippen molar-refractivity contribution in [1.82, 2.24) is 19.3 Å². The molecule has 3 aliphatic heterocycles. The largest absolute Gasteiger partial charge is 0.497 e. The molecule has 36 heavy (non-hydrogen) atoms. The summed E-state index contributed by atoms with van der Waals surface area (Å²) in [5.74, 6) is 1.70. The van der Waals surface area contributed by atoms with Gasteiger partial charge in [0.05, 0.1) is 26.3 Å². The maximum atomic E-state index is 13.8. The number of rotatable bonds is 7. The Kier molecular flexibility index (Phi) is 6.74. The molecule has 2 amide bonds. The number of amides is 2. The van der Waals surface area contributed by atoms with E-state index in [1.807, 2.05) is 11.0 Å². The Morgan fingerprint density at radius 2 is 1.94 bits per heavy atom. The van der Waals surface area contributed by atoms with Gasteiger partial charge in [-0.2, -0.15) is 0 Å². The van der Waals surface area contributed by atoms with Gasteiger partial charge >= 0.3 is 6.03 Å². The van der Waals surface area contributed by atoms with E-state index in [1.54, 1.807) is 14.2 Å². The molecule has 0 unspecified atom stereocenters. The van der Waals surface area contributed by atoms with Crippen LogP contribution in [0.1, 0.15) is 49.4 Å². The van der Waals surface area contributed by atoms with Crippen LogP contribution >= 0.6 is 0 Å². The number of piperidine rings is 1. The number of carbonyl (C=O) groups excluding carboxylic acids is 1.